The molecule has 0 amide bonds. The molecule has 4 nitrogen and oxygen atoms in total. The van der Waals surface area contributed by atoms with Gasteiger partial charge in [0.25, 0.3) is 0 Å². The summed E-state index contributed by atoms with van der Waals surface area (Å²) in [5.74, 6) is 0.839. The maximum absolute atomic E-state index is 12.9. The number of nitrogens with one attached hydrogen (secondary N) is 1. The van der Waals surface area contributed by atoms with Crippen molar-refractivity contribution in [1.82, 2.24) is 9.78 Å². The van der Waals surface area contributed by atoms with E-state index in [2.05, 4.69) is 24.3 Å². The third-order valence-electron chi connectivity index (χ3n) is 3.38. The van der Waals surface area contributed by atoms with Crippen molar-refractivity contribution in [3.05, 3.63) is 41.3 Å². The van der Waals surface area contributed by atoms with Crippen molar-refractivity contribution in [1.29, 1.82) is 0 Å². The molecule has 1 aromatic carbocycles. The first-order chi connectivity index (χ1) is 9.40. The Hall–Kier alpha value is -2.04. The van der Waals surface area contributed by atoms with Gasteiger partial charge in [0.15, 0.2) is 0 Å². The van der Waals surface area contributed by atoms with Crippen LogP contribution in [0.15, 0.2) is 24.3 Å². The zero-order chi connectivity index (χ0) is 14.9. The third kappa shape index (κ3) is 2.76. The molecule has 1 heterocycles. The first-order valence-electron chi connectivity index (χ1n) is 6.74. The number of hydrogen-bond acceptors (Lipinski definition) is 3. The van der Waals surface area contributed by atoms with E-state index in [1.807, 2.05) is 14.0 Å². The van der Waals surface area contributed by atoms with Crippen molar-refractivity contribution in [2.45, 2.75) is 32.7 Å². The second-order valence-electron chi connectivity index (χ2n) is 5.34. The highest BCUT2D eigenvalue weighted by atomic mass is 19.1. The van der Waals surface area contributed by atoms with Gasteiger partial charge in [0.2, 0.25) is 0 Å². The fourth-order valence-corrected chi connectivity index (χ4v) is 2.20. The van der Waals surface area contributed by atoms with Gasteiger partial charge < -0.3 is 11.1 Å². The quantitative estimate of drug-likeness (QED) is 0.899. The molecular formula is C15H21FN4. The lowest BCUT2D eigenvalue weighted by molar-refractivity contribution is 0.626. The Labute approximate surface area is 118 Å². The summed E-state index contributed by atoms with van der Waals surface area (Å²) in [6.07, 6.45) is 0. The van der Waals surface area contributed by atoms with Crippen molar-refractivity contribution in [2.75, 3.05) is 11.1 Å². The van der Waals surface area contributed by atoms with Crippen LogP contribution in [-0.4, -0.2) is 9.78 Å². The first kappa shape index (κ1) is 14.4. The molecule has 0 spiro atoms. The highest BCUT2D eigenvalue weighted by molar-refractivity contribution is 5.66. The second-order valence-corrected chi connectivity index (χ2v) is 5.34. The van der Waals surface area contributed by atoms with Crippen LogP contribution in [-0.2, 0) is 7.05 Å². The smallest absolute Gasteiger partial charge is 0.148 e. The minimum absolute atomic E-state index is 0.0216. The molecule has 5 heteroatoms. The van der Waals surface area contributed by atoms with Crippen molar-refractivity contribution in [3.63, 3.8) is 0 Å². The van der Waals surface area contributed by atoms with E-state index in [0.29, 0.717) is 5.69 Å². The van der Waals surface area contributed by atoms with Gasteiger partial charge in [-0.25, -0.2) is 4.39 Å². The number of aryl methyl sites for hydroxylation is 1. The Morgan fingerprint density at radius 1 is 1.20 bits per heavy atom. The number of anilines is 2. The molecule has 1 unspecified atom stereocenters. The standard InChI is InChI=1S/C15H21FN4/c1-9(2)14-13(17)15(20(4)19-14)18-10(3)11-5-7-12(16)8-6-11/h5-10,18H,17H2,1-4H3. The van der Waals surface area contributed by atoms with E-state index in [0.717, 1.165) is 17.1 Å². The summed E-state index contributed by atoms with van der Waals surface area (Å²) >= 11 is 0. The van der Waals surface area contributed by atoms with E-state index >= 15 is 0 Å². The number of rotatable bonds is 4. The molecule has 2 aromatic rings. The van der Waals surface area contributed by atoms with Crippen LogP contribution in [0.4, 0.5) is 15.9 Å². The van der Waals surface area contributed by atoms with Crippen LogP contribution in [0.2, 0.25) is 0 Å². The number of nitrogens with two attached hydrogens (primary N) is 1. The lowest BCUT2D eigenvalue weighted by Gasteiger charge is -2.16. The monoisotopic (exact) mass is 276 g/mol. The summed E-state index contributed by atoms with van der Waals surface area (Å²) in [5.41, 5.74) is 8.72. The SMILES string of the molecule is CC(C)c1nn(C)c(NC(C)c2ccc(F)cc2)c1N. The van der Waals surface area contributed by atoms with Crippen molar-refractivity contribution >= 4 is 11.5 Å². The molecule has 3 N–H and O–H groups in total. The van der Waals surface area contributed by atoms with Crippen LogP contribution in [0.5, 0.6) is 0 Å². The maximum Gasteiger partial charge on any atom is 0.148 e. The average molecular weight is 276 g/mol. The van der Waals surface area contributed by atoms with Crippen LogP contribution < -0.4 is 11.1 Å². The Bertz CT molecular complexity index is 587. The topological polar surface area (TPSA) is 55.9 Å². The number of hydrogen-bond donors (Lipinski definition) is 2. The van der Waals surface area contributed by atoms with Gasteiger partial charge in [-0.2, -0.15) is 5.10 Å². The van der Waals surface area contributed by atoms with Crippen molar-refractivity contribution in [2.24, 2.45) is 7.05 Å². The molecule has 0 saturated heterocycles. The normalized spacial score (nSPS) is 12.7. The number of nitrogen functional groups attached to an aromatic ring is 1. The highest BCUT2D eigenvalue weighted by Crippen LogP contribution is 2.30. The van der Waals surface area contributed by atoms with Gasteiger partial charge >= 0.3 is 0 Å². The predicted octanol–water partition coefficient (Wildman–Crippen LogP) is 3.44. The Kier molecular flexibility index (Phi) is 3.97. The summed E-state index contributed by atoms with van der Waals surface area (Å²) < 4.78 is 14.7. The fourth-order valence-electron chi connectivity index (χ4n) is 2.20. The van der Waals surface area contributed by atoms with Crippen molar-refractivity contribution in [3.8, 4) is 0 Å². The summed E-state index contributed by atoms with van der Waals surface area (Å²) in [6.45, 7) is 6.13. The van der Waals surface area contributed by atoms with Gasteiger partial charge in [0, 0.05) is 7.05 Å². The number of nitrogens with zero attached hydrogens (tertiary/aromatic N) is 2. The summed E-state index contributed by atoms with van der Waals surface area (Å²) in [7, 11) is 1.86. The molecule has 0 aliphatic heterocycles. The number of benzene rings is 1. The van der Waals surface area contributed by atoms with Gasteiger partial charge in [-0.3, -0.25) is 4.68 Å². The molecule has 0 radical (unpaired) electrons. The van der Waals surface area contributed by atoms with Crippen LogP contribution >= 0.6 is 0 Å². The fraction of sp³-hybridized carbons (Fsp3) is 0.400. The molecule has 0 saturated carbocycles. The summed E-state index contributed by atoms with van der Waals surface area (Å²) in [6, 6.07) is 6.47. The molecule has 0 bridgehead atoms. The largest absolute Gasteiger partial charge is 0.394 e. The molecule has 1 atom stereocenters. The van der Waals surface area contributed by atoms with Gasteiger partial charge in [-0.1, -0.05) is 26.0 Å². The minimum Gasteiger partial charge on any atom is -0.394 e. The van der Waals surface area contributed by atoms with Gasteiger partial charge in [-0.05, 0) is 30.5 Å². The molecule has 2 rings (SSSR count). The Balaban J connectivity index is 2.23. The first-order valence-corrected chi connectivity index (χ1v) is 6.74. The zero-order valence-electron chi connectivity index (χ0n) is 12.3. The van der Waals surface area contributed by atoms with Gasteiger partial charge in [-0.15, -0.1) is 0 Å². The van der Waals surface area contributed by atoms with Gasteiger partial charge in [0.1, 0.15) is 11.6 Å². The van der Waals surface area contributed by atoms with E-state index < -0.39 is 0 Å². The molecule has 0 aliphatic carbocycles. The molecule has 0 aliphatic rings. The zero-order valence-corrected chi connectivity index (χ0v) is 12.3. The van der Waals surface area contributed by atoms with E-state index in [-0.39, 0.29) is 17.8 Å². The molecular weight excluding hydrogens is 255 g/mol. The van der Waals surface area contributed by atoms with E-state index in [1.165, 1.54) is 12.1 Å². The van der Waals surface area contributed by atoms with Crippen LogP contribution in [0.25, 0.3) is 0 Å². The van der Waals surface area contributed by atoms with Crippen molar-refractivity contribution < 1.29 is 4.39 Å². The highest BCUT2D eigenvalue weighted by Gasteiger charge is 2.17. The van der Waals surface area contributed by atoms with E-state index in [1.54, 1.807) is 16.8 Å². The number of aromatic nitrogens is 2. The average Bonchev–Trinajstić information content (AvgIpc) is 2.67. The van der Waals surface area contributed by atoms with Crippen LogP contribution in [0.1, 0.15) is 44.0 Å². The third-order valence-corrected chi connectivity index (χ3v) is 3.38. The second kappa shape index (κ2) is 5.53. The maximum atomic E-state index is 12.9. The summed E-state index contributed by atoms with van der Waals surface area (Å²) in [4.78, 5) is 0. The lowest BCUT2D eigenvalue weighted by atomic mass is 10.1. The van der Waals surface area contributed by atoms with Crippen LogP contribution in [0.3, 0.4) is 0 Å². The Morgan fingerprint density at radius 3 is 2.30 bits per heavy atom. The lowest BCUT2D eigenvalue weighted by Crippen LogP contribution is -2.11. The van der Waals surface area contributed by atoms with Crippen LogP contribution in [0, 0.1) is 5.82 Å². The minimum atomic E-state index is -0.233. The van der Waals surface area contributed by atoms with Gasteiger partial charge in [0.05, 0.1) is 17.4 Å². The summed E-state index contributed by atoms with van der Waals surface area (Å²) in [5, 5.41) is 7.78. The Morgan fingerprint density at radius 2 is 1.80 bits per heavy atom. The van der Waals surface area contributed by atoms with E-state index in [9.17, 15) is 4.39 Å². The molecule has 1 aromatic heterocycles. The molecule has 108 valence electrons. The number of halogens is 1. The predicted molar refractivity (Wildman–Crippen MR) is 80.1 cm³/mol. The van der Waals surface area contributed by atoms with E-state index in [4.69, 9.17) is 5.73 Å². The molecule has 0 fully saturated rings. The molecule has 20 heavy (non-hydrogen) atoms.